The molecule has 6 unspecified atom stereocenters. The van der Waals surface area contributed by atoms with E-state index >= 15 is 0 Å². The number of nitrogens with zero attached hydrogens (tertiary/aromatic N) is 4. The summed E-state index contributed by atoms with van der Waals surface area (Å²) in [5, 5.41) is 32.3. The lowest BCUT2D eigenvalue weighted by molar-refractivity contribution is -0.188. The van der Waals surface area contributed by atoms with Gasteiger partial charge in [-0.25, -0.2) is 18.8 Å². The SMILES string of the molecule is CC.CC1CCC2(C(=O)N([C@H](C(=O)NCc3ccc(F)cc3)[C@@H](C)O)C2C)N1C(=O)OC(C)(C)C.CC1CCC2(C(=O)N([C@H](C(=O)O)[C@@H](C)O)C2C)N1C(=O)OC(C)(C)C.[B]C. The average molecular weight is 876 g/mol. The van der Waals surface area contributed by atoms with Crippen LogP contribution in [0.3, 0.4) is 0 Å². The number of nitrogens with one attached hydrogen (secondary N) is 1. The molecule has 4 heterocycles. The number of aliphatic hydroxyl groups excluding tert-OH is 2. The monoisotopic (exact) mass is 876 g/mol. The molecule has 4 fully saturated rings. The van der Waals surface area contributed by atoms with Crippen LogP contribution >= 0.6 is 0 Å². The number of ether oxygens (including phenoxy) is 2. The second-order valence-corrected chi connectivity index (χ2v) is 18.2. The van der Waals surface area contributed by atoms with Crippen molar-refractivity contribution in [2.45, 2.75) is 207 Å². The predicted octanol–water partition coefficient (Wildman–Crippen LogP) is 5.02. The van der Waals surface area contributed by atoms with Gasteiger partial charge in [0.25, 0.3) is 11.8 Å². The molecule has 2 radical (unpaired) electrons. The zero-order valence-corrected chi connectivity index (χ0v) is 39.3. The molecule has 0 aliphatic carbocycles. The molecule has 4 saturated heterocycles. The first-order valence-corrected chi connectivity index (χ1v) is 21.5. The number of hydrogen-bond acceptors (Lipinski definition) is 10. The number of aliphatic carboxylic acids is 1. The van der Waals surface area contributed by atoms with Crippen LogP contribution in [0.2, 0.25) is 6.82 Å². The van der Waals surface area contributed by atoms with Gasteiger partial charge in [0.1, 0.15) is 34.1 Å². The average Bonchev–Trinajstić information content (AvgIpc) is 3.74. The third-order valence-electron chi connectivity index (χ3n) is 11.6. The number of carboxylic acids is 1. The fourth-order valence-electron chi connectivity index (χ4n) is 8.94. The van der Waals surface area contributed by atoms with Crippen molar-refractivity contribution in [3.63, 3.8) is 0 Å². The van der Waals surface area contributed by atoms with Crippen LogP contribution in [0.25, 0.3) is 0 Å². The first-order chi connectivity index (χ1) is 28.6. The lowest BCUT2D eigenvalue weighted by atomic mass is 9.75. The molecule has 4 aliphatic heterocycles. The number of aliphatic hydroxyl groups is 2. The van der Waals surface area contributed by atoms with Crippen molar-refractivity contribution < 1.29 is 58.0 Å². The van der Waals surface area contributed by atoms with Crippen LogP contribution < -0.4 is 5.32 Å². The third-order valence-corrected chi connectivity index (χ3v) is 11.6. The first kappa shape index (κ1) is 53.7. The van der Waals surface area contributed by atoms with Gasteiger partial charge in [-0.05, 0) is 126 Å². The minimum atomic E-state index is -1.33. The van der Waals surface area contributed by atoms with Crippen LogP contribution in [-0.2, 0) is 35.2 Å². The number of amides is 5. The van der Waals surface area contributed by atoms with Crippen LogP contribution in [0.1, 0.15) is 128 Å². The minimum Gasteiger partial charge on any atom is -0.480 e. The summed E-state index contributed by atoms with van der Waals surface area (Å²) >= 11 is 0. The van der Waals surface area contributed by atoms with E-state index < -0.39 is 88.6 Å². The van der Waals surface area contributed by atoms with E-state index in [1.165, 1.54) is 52.4 Å². The number of rotatable bonds is 8. The third kappa shape index (κ3) is 10.7. The Hall–Kier alpha value is -4.45. The van der Waals surface area contributed by atoms with Crippen molar-refractivity contribution in [3.05, 3.63) is 35.6 Å². The maximum absolute atomic E-state index is 13.5. The molecule has 0 aromatic heterocycles. The van der Waals surface area contributed by atoms with Crippen molar-refractivity contribution in [1.29, 1.82) is 0 Å². The second kappa shape index (κ2) is 20.8. The topological polar surface area (TPSA) is 207 Å². The van der Waals surface area contributed by atoms with Crippen molar-refractivity contribution in [2.75, 3.05) is 0 Å². The highest BCUT2D eigenvalue weighted by atomic mass is 19.1. The maximum atomic E-state index is 13.5. The van der Waals surface area contributed by atoms with Crippen LogP contribution in [0.4, 0.5) is 14.0 Å². The van der Waals surface area contributed by atoms with Crippen LogP contribution in [0, 0.1) is 5.82 Å². The summed E-state index contributed by atoms with van der Waals surface area (Å²) in [6.07, 6.45) is -1.27. The van der Waals surface area contributed by atoms with Gasteiger partial charge in [-0.2, -0.15) is 0 Å². The Bertz CT molecular complexity index is 1750. The zero-order valence-electron chi connectivity index (χ0n) is 39.3. The fourth-order valence-corrected chi connectivity index (χ4v) is 8.94. The standard InChI is InChI=1S/C24H34FN3O5.C17H28N2O6.C2H6.CH3B/c1-14-11-12-24(28(14)22(32)33-23(4,5)6)16(3)27(21(24)31)19(15(2)29)20(30)26-13-17-7-9-18(25)10-8-17;1-9-7-8-17(19(9)15(24)25-16(4,5)6)11(3)18(14(17)23)12(10(2)20)13(21)22;2*1-2/h7-10,14-16,19,29H,11-13H2,1-6H3,(H,26,30);9-12,20H,7-8H2,1-6H3,(H,21,22);1-2H3;1H3/t14?,15-,16?,19+,24?;9?,10-,11?,12+,17?;;/m11../s1. The molecule has 5 rings (SSSR count). The molecule has 1 aromatic rings. The summed E-state index contributed by atoms with van der Waals surface area (Å²) in [7, 11) is 4.50. The van der Waals surface area contributed by atoms with E-state index in [2.05, 4.69) is 13.2 Å². The molecule has 0 bridgehead atoms. The number of halogens is 1. The number of benzene rings is 1. The number of likely N-dealkylation sites (tertiary alicyclic amines) is 4. The maximum Gasteiger partial charge on any atom is 0.411 e. The number of β-lactam (4-membered cyclic amide) rings is 2. The highest BCUT2D eigenvalue weighted by Crippen LogP contribution is 2.50. The molecule has 18 heteroatoms. The van der Waals surface area contributed by atoms with Gasteiger partial charge in [-0.15, -0.1) is 0 Å². The Labute approximate surface area is 368 Å². The van der Waals surface area contributed by atoms with Crippen molar-refractivity contribution in [3.8, 4) is 0 Å². The van der Waals surface area contributed by atoms with Crippen LogP contribution in [-0.4, -0.2) is 149 Å². The Balaban J connectivity index is 0.000000408. The number of carbonyl (C=O) groups is 6. The highest BCUT2D eigenvalue weighted by molar-refractivity contribution is 6.05. The van der Waals surface area contributed by atoms with Gasteiger partial charge in [0.2, 0.25) is 5.91 Å². The number of carboxylic acid groups (broad SMARTS) is 1. The predicted molar refractivity (Wildman–Crippen MR) is 231 cm³/mol. The summed E-state index contributed by atoms with van der Waals surface area (Å²) in [5.74, 6) is -2.96. The van der Waals surface area contributed by atoms with E-state index in [0.29, 0.717) is 31.2 Å². The molecule has 4 aliphatic rings. The molecular weight excluding hydrogens is 804 g/mol. The Morgan fingerprint density at radius 3 is 1.42 bits per heavy atom. The highest BCUT2D eigenvalue weighted by Gasteiger charge is 2.70. The molecule has 10 atom stereocenters. The van der Waals surface area contributed by atoms with E-state index in [-0.39, 0.29) is 30.4 Å². The van der Waals surface area contributed by atoms with Crippen molar-refractivity contribution in [2.24, 2.45) is 0 Å². The van der Waals surface area contributed by atoms with Gasteiger partial charge in [0.05, 0.1) is 32.1 Å². The van der Waals surface area contributed by atoms with E-state index in [9.17, 15) is 48.5 Å². The van der Waals surface area contributed by atoms with Gasteiger partial charge >= 0.3 is 18.2 Å². The Morgan fingerprint density at radius 1 is 0.758 bits per heavy atom. The molecule has 2 spiro atoms. The van der Waals surface area contributed by atoms with E-state index in [1.807, 2.05) is 27.7 Å². The number of carbonyl (C=O) groups excluding carboxylic acids is 5. The largest absolute Gasteiger partial charge is 0.480 e. The summed E-state index contributed by atoms with van der Waals surface area (Å²) in [6.45, 7) is 26.2. The molecule has 4 N–H and O–H groups in total. The molecule has 1 aromatic carbocycles. The van der Waals surface area contributed by atoms with Gasteiger partial charge in [0, 0.05) is 18.6 Å². The smallest absolute Gasteiger partial charge is 0.411 e. The quantitative estimate of drug-likeness (QED) is 0.202. The second-order valence-electron chi connectivity index (χ2n) is 18.2. The first-order valence-electron chi connectivity index (χ1n) is 21.5. The molecule has 348 valence electrons. The van der Waals surface area contributed by atoms with Crippen molar-refractivity contribution >= 4 is 43.7 Å². The van der Waals surface area contributed by atoms with E-state index in [4.69, 9.17) is 9.47 Å². The lowest BCUT2D eigenvalue weighted by Crippen LogP contribution is -2.82. The summed E-state index contributed by atoms with van der Waals surface area (Å²) in [4.78, 5) is 82.1. The van der Waals surface area contributed by atoms with E-state index in [1.54, 1.807) is 67.5 Å². The molecule has 62 heavy (non-hydrogen) atoms. The van der Waals surface area contributed by atoms with Gasteiger partial charge in [-0.3, -0.25) is 24.2 Å². The molecular formula is C44H71BFN5O11. The zero-order chi connectivity index (χ0) is 48.0. The van der Waals surface area contributed by atoms with Gasteiger partial charge in [-0.1, -0.05) is 32.8 Å². The summed E-state index contributed by atoms with van der Waals surface area (Å²) < 4.78 is 24.1. The summed E-state index contributed by atoms with van der Waals surface area (Å²) in [5.41, 5.74) is -2.90. The van der Waals surface area contributed by atoms with E-state index in [0.717, 1.165) is 0 Å². The summed E-state index contributed by atoms with van der Waals surface area (Å²) in [6, 6.07) is 1.88. The fraction of sp³-hybridized carbons (Fsp3) is 0.727. The lowest BCUT2D eigenvalue weighted by Gasteiger charge is -2.59. The Morgan fingerprint density at radius 2 is 1.11 bits per heavy atom. The van der Waals surface area contributed by atoms with Gasteiger partial charge < -0.3 is 39.9 Å². The number of hydrogen-bond donors (Lipinski definition) is 4. The minimum absolute atomic E-state index is 0.130. The van der Waals surface area contributed by atoms with Crippen molar-refractivity contribution in [1.82, 2.24) is 24.9 Å². The van der Waals surface area contributed by atoms with Crippen LogP contribution in [0.5, 0.6) is 0 Å². The molecule has 5 amide bonds. The van der Waals surface area contributed by atoms with Crippen LogP contribution in [0.15, 0.2) is 24.3 Å². The Kier molecular flexibility index (Phi) is 18.0. The normalized spacial score (nSPS) is 27.2. The van der Waals surface area contributed by atoms with Gasteiger partial charge in [0.15, 0.2) is 6.04 Å². The molecule has 16 nitrogen and oxygen atoms in total. The molecule has 0 saturated carbocycles.